The van der Waals surface area contributed by atoms with Crippen LogP contribution in [0.3, 0.4) is 0 Å². The summed E-state index contributed by atoms with van der Waals surface area (Å²) in [6.07, 6.45) is -3.47. The second kappa shape index (κ2) is 9.45. The number of benzene rings is 2. The van der Waals surface area contributed by atoms with Gasteiger partial charge in [-0.2, -0.15) is 13.2 Å². The molecule has 0 fully saturated rings. The van der Waals surface area contributed by atoms with Gasteiger partial charge in [0.2, 0.25) is 15.9 Å². The molecule has 5 nitrogen and oxygen atoms in total. The molecule has 1 N–H and O–H groups in total. The Balaban J connectivity index is 2.28. The highest BCUT2D eigenvalue weighted by Crippen LogP contribution is 2.30. The molecule has 0 aliphatic rings. The molecule has 0 saturated heterocycles. The summed E-state index contributed by atoms with van der Waals surface area (Å²) in [5.41, 5.74) is -0.506. The topological polar surface area (TPSA) is 66.5 Å². The number of carbonyl (C=O) groups excluding carboxylic acids is 1. The van der Waals surface area contributed by atoms with E-state index in [0.29, 0.717) is 0 Å². The van der Waals surface area contributed by atoms with Crippen LogP contribution in [0.5, 0.6) is 0 Å². The van der Waals surface area contributed by atoms with Crippen LogP contribution in [0.1, 0.15) is 24.5 Å². The summed E-state index contributed by atoms with van der Waals surface area (Å²) in [6, 6.07) is 7.50. The molecule has 0 aliphatic carbocycles. The summed E-state index contributed by atoms with van der Waals surface area (Å²) in [5, 5.41) is 2.87. The first-order valence-electron chi connectivity index (χ1n) is 8.72. The van der Waals surface area contributed by atoms with Crippen molar-refractivity contribution in [2.75, 3.05) is 10.6 Å². The van der Waals surface area contributed by atoms with Crippen LogP contribution >= 0.6 is 23.2 Å². The van der Waals surface area contributed by atoms with E-state index in [1.807, 2.05) is 0 Å². The third kappa shape index (κ3) is 6.26. The van der Waals surface area contributed by atoms with Crippen LogP contribution in [0.15, 0.2) is 42.5 Å². The molecule has 164 valence electrons. The van der Waals surface area contributed by atoms with Crippen molar-refractivity contribution in [1.29, 1.82) is 0 Å². The third-order valence-corrected chi connectivity index (χ3v) is 5.77. The first-order chi connectivity index (χ1) is 13.8. The quantitative estimate of drug-likeness (QED) is 0.611. The number of rotatable bonds is 7. The summed E-state index contributed by atoms with van der Waals surface area (Å²) < 4.78 is 64.3. The van der Waals surface area contributed by atoms with Gasteiger partial charge in [0.25, 0.3) is 0 Å². The van der Waals surface area contributed by atoms with Crippen LogP contribution in [0.2, 0.25) is 10.0 Å². The number of hydrogen-bond donors (Lipinski definition) is 1. The van der Waals surface area contributed by atoms with E-state index in [1.54, 1.807) is 6.92 Å². The van der Waals surface area contributed by atoms with Gasteiger partial charge < -0.3 is 5.32 Å². The molecule has 0 saturated carbocycles. The van der Waals surface area contributed by atoms with Crippen molar-refractivity contribution in [3.63, 3.8) is 0 Å². The minimum atomic E-state index is -4.51. The lowest BCUT2D eigenvalue weighted by molar-refractivity contribution is -0.137. The molecule has 0 bridgehead atoms. The summed E-state index contributed by atoms with van der Waals surface area (Å²) in [6.45, 7) is 1.41. The molecule has 30 heavy (non-hydrogen) atoms. The number of alkyl halides is 3. The summed E-state index contributed by atoms with van der Waals surface area (Å²) in [5.74, 6) is -0.670. The first kappa shape index (κ1) is 24.3. The van der Waals surface area contributed by atoms with Gasteiger partial charge in [-0.25, -0.2) is 8.42 Å². The average molecular weight is 483 g/mol. The maximum atomic E-state index is 12.9. The Morgan fingerprint density at radius 2 is 1.73 bits per heavy atom. The molecule has 1 atom stereocenters. The van der Waals surface area contributed by atoms with E-state index in [2.05, 4.69) is 5.32 Å². The Morgan fingerprint density at radius 1 is 1.13 bits per heavy atom. The highest BCUT2D eigenvalue weighted by Gasteiger charge is 2.32. The van der Waals surface area contributed by atoms with Gasteiger partial charge in [-0.3, -0.25) is 9.10 Å². The minimum Gasteiger partial charge on any atom is -0.350 e. The lowest BCUT2D eigenvalue weighted by Gasteiger charge is -2.30. The molecule has 0 heterocycles. The number of anilines is 1. The first-order valence-corrected chi connectivity index (χ1v) is 11.3. The van der Waals surface area contributed by atoms with Crippen molar-refractivity contribution in [1.82, 2.24) is 5.32 Å². The van der Waals surface area contributed by atoms with E-state index in [-0.39, 0.29) is 34.3 Å². The van der Waals surface area contributed by atoms with E-state index >= 15 is 0 Å². The molecule has 0 unspecified atom stereocenters. The van der Waals surface area contributed by atoms with Crippen molar-refractivity contribution in [2.45, 2.75) is 32.1 Å². The number of nitrogens with one attached hydrogen (secondary N) is 1. The molecule has 2 rings (SSSR count). The molecule has 0 radical (unpaired) electrons. The van der Waals surface area contributed by atoms with Crippen LogP contribution in [0.4, 0.5) is 18.9 Å². The lowest BCUT2D eigenvalue weighted by Crippen LogP contribution is -2.49. The van der Waals surface area contributed by atoms with Gasteiger partial charge >= 0.3 is 6.18 Å². The number of sulfonamides is 1. The van der Waals surface area contributed by atoms with Crippen LogP contribution in [-0.4, -0.2) is 26.6 Å². The monoisotopic (exact) mass is 482 g/mol. The molecular formula is C19H19Cl2F3N2O3S. The normalized spacial score (nSPS) is 13.0. The maximum absolute atomic E-state index is 12.9. The lowest BCUT2D eigenvalue weighted by atomic mass is 10.1. The van der Waals surface area contributed by atoms with Gasteiger partial charge in [0, 0.05) is 16.6 Å². The fourth-order valence-electron chi connectivity index (χ4n) is 2.89. The van der Waals surface area contributed by atoms with Crippen LogP contribution in [0, 0.1) is 0 Å². The van der Waals surface area contributed by atoms with E-state index < -0.39 is 33.7 Å². The Morgan fingerprint density at radius 3 is 2.23 bits per heavy atom. The zero-order chi connectivity index (χ0) is 22.7. The number of nitrogens with zero attached hydrogens (tertiary/aromatic N) is 1. The fourth-order valence-corrected chi connectivity index (χ4v) is 4.60. The molecular weight excluding hydrogens is 464 g/mol. The van der Waals surface area contributed by atoms with Crippen molar-refractivity contribution in [3.05, 3.63) is 63.6 Å². The van der Waals surface area contributed by atoms with Crippen LogP contribution < -0.4 is 9.62 Å². The smallest absolute Gasteiger partial charge is 0.350 e. The largest absolute Gasteiger partial charge is 0.416 e. The Bertz CT molecular complexity index is 1010. The second-order valence-electron chi connectivity index (χ2n) is 6.53. The van der Waals surface area contributed by atoms with Crippen molar-refractivity contribution >= 4 is 44.8 Å². The van der Waals surface area contributed by atoms with Crippen molar-refractivity contribution < 1.29 is 26.4 Å². The number of hydrogen-bond acceptors (Lipinski definition) is 3. The minimum absolute atomic E-state index is 0.103. The van der Waals surface area contributed by atoms with E-state index in [9.17, 15) is 26.4 Å². The summed E-state index contributed by atoms with van der Waals surface area (Å²) in [4.78, 5) is 12.8. The predicted molar refractivity (Wildman–Crippen MR) is 111 cm³/mol. The Hall–Kier alpha value is -1.97. The molecule has 0 aromatic heterocycles. The molecule has 2 aromatic rings. The highest BCUT2D eigenvalue weighted by atomic mass is 35.5. The van der Waals surface area contributed by atoms with Gasteiger partial charge in [0.15, 0.2) is 0 Å². The summed E-state index contributed by atoms with van der Waals surface area (Å²) >= 11 is 11.9. The molecule has 11 heteroatoms. The van der Waals surface area contributed by atoms with Gasteiger partial charge in [-0.05, 0) is 42.3 Å². The zero-order valence-electron chi connectivity index (χ0n) is 16.0. The highest BCUT2D eigenvalue weighted by molar-refractivity contribution is 7.92. The Kier molecular flexibility index (Phi) is 7.65. The van der Waals surface area contributed by atoms with Gasteiger partial charge in [-0.15, -0.1) is 0 Å². The van der Waals surface area contributed by atoms with Crippen LogP contribution in [0.25, 0.3) is 0 Å². The van der Waals surface area contributed by atoms with Crippen molar-refractivity contribution in [3.8, 4) is 0 Å². The van der Waals surface area contributed by atoms with Gasteiger partial charge in [0.05, 0.1) is 17.5 Å². The SMILES string of the molecule is CC[C@@H](C(=O)NCc1cccc(C(F)(F)F)c1)N(c1cc(Cl)cc(Cl)c1)S(C)(=O)=O. The maximum Gasteiger partial charge on any atom is 0.416 e. The number of halogens is 5. The molecule has 2 aromatic carbocycles. The number of carbonyl (C=O) groups is 1. The third-order valence-electron chi connectivity index (χ3n) is 4.15. The van der Waals surface area contributed by atoms with E-state index in [1.165, 1.54) is 30.3 Å². The molecule has 1 amide bonds. The standard InChI is InChI=1S/C19H19Cl2F3N2O3S/c1-3-17(26(30(2,28)29)16-9-14(20)8-15(21)10-16)18(27)25-11-12-5-4-6-13(7-12)19(22,23)24/h4-10,17H,3,11H2,1-2H3,(H,25,27)/t17-/m0/s1. The van der Waals surface area contributed by atoms with E-state index in [0.717, 1.165) is 22.7 Å². The molecule has 0 aliphatic heterocycles. The fraction of sp³-hybridized carbons (Fsp3) is 0.316. The van der Waals surface area contributed by atoms with E-state index in [4.69, 9.17) is 23.2 Å². The predicted octanol–water partition coefficient (Wildman–Crippen LogP) is 4.87. The summed E-state index contributed by atoms with van der Waals surface area (Å²) in [7, 11) is -3.91. The second-order valence-corrected chi connectivity index (χ2v) is 9.26. The van der Waals surface area contributed by atoms with Gasteiger partial charge in [0.1, 0.15) is 6.04 Å². The zero-order valence-corrected chi connectivity index (χ0v) is 18.3. The number of amides is 1. The molecule has 0 spiro atoms. The van der Waals surface area contributed by atoms with Crippen molar-refractivity contribution in [2.24, 2.45) is 0 Å². The van der Waals surface area contributed by atoms with Gasteiger partial charge in [-0.1, -0.05) is 42.3 Å². The average Bonchev–Trinajstić information content (AvgIpc) is 2.61. The van der Waals surface area contributed by atoms with Crippen LogP contribution in [-0.2, 0) is 27.5 Å². The Labute approximate surface area is 182 Å².